The Kier molecular flexibility index (Phi) is 4.94. The van der Waals surface area contributed by atoms with Crippen LogP contribution in [0.15, 0.2) is 42.5 Å². The molecular formula is C20H20N4O3. The molecule has 0 fully saturated rings. The van der Waals surface area contributed by atoms with Gasteiger partial charge in [0.2, 0.25) is 0 Å². The van der Waals surface area contributed by atoms with Crippen molar-refractivity contribution in [3.8, 4) is 22.8 Å². The lowest BCUT2D eigenvalue weighted by Gasteiger charge is -2.15. The highest BCUT2D eigenvalue weighted by Gasteiger charge is 2.19. The molecule has 0 unspecified atom stereocenters. The lowest BCUT2D eigenvalue weighted by molar-refractivity contribution is 0.0978. The normalized spacial score (nSPS) is 10.5. The number of fused-ring (bicyclic) bond motifs is 1. The highest BCUT2D eigenvalue weighted by molar-refractivity contribution is 6.14. The first-order valence-electron chi connectivity index (χ1n) is 8.22. The van der Waals surface area contributed by atoms with Crippen LogP contribution in [0.25, 0.3) is 22.2 Å². The second-order valence-corrected chi connectivity index (χ2v) is 5.96. The Morgan fingerprint density at radius 3 is 2.52 bits per heavy atom. The van der Waals surface area contributed by atoms with Crippen LogP contribution in [-0.2, 0) is 0 Å². The molecule has 3 aromatic rings. The number of guanidine groups is 1. The van der Waals surface area contributed by atoms with E-state index in [2.05, 4.69) is 5.32 Å². The van der Waals surface area contributed by atoms with Gasteiger partial charge in [0.25, 0.3) is 5.91 Å². The van der Waals surface area contributed by atoms with Crippen molar-refractivity contribution in [1.82, 2.24) is 10.3 Å². The van der Waals surface area contributed by atoms with Crippen molar-refractivity contribution in [2.75, 3.05) is 14.2 Å². The highest BCUT2D eigenvalue weighted by atomic mass is 16.5. The summed E-state index contributed by atoms with van der Waals surface area (Å²) in [6.07, 6.45) is 0. The fraction of sp³-hybridized carbons (Fsp3) is 0.150. The number of carbonyl (C=O) groups excluding carboxylic acids is 1. The molecule has 1 aromatic heterocycles. The fourth-order valence-electron chi connectivity index (χ4n) is 2.95. The largest absolute Gasteiger partial charge is 0.497 e. The molecule has 0 saturated carbocycles. The SMILES string of the molecule is COc1cc(OC)c2c(C(=O)NC(=N)N)cc(-c3ccccc3C)nc2c1. The molecule has 7 heteroatoms. The van der Waals surface area contributed by atoms with Gasteiger partial charge in [0.05, 0.1) is 36.4 Å². The number of hydrogen-bond donors (Lipinski definition) is 3. The van der Waals surface area contributed by atoms with Crippen LogP contribution in [0.5, 0.6) is 11.5 Å². The molecule has 1 heterocycles. The molecule has 0 aliphatic rings. The van der Waals surface area contributed by atoms with Gasteiger partial charge in [-0.25, -0.2) is 4.98 Å². The van der Waals surface area contributed by atoms with Crippen molar-refractivity contribution < 1.29 is 14.3 Å². The predicted molar refractivity (Wildman–Crippen MR) is 104 cm³/mol. The van der Waals surface area contributed by atoms with E-state index in [-0.39, 0.29) is 0 Å². The zero-order chi connectivity index (χ0) is 19.6. The predicted octanol–water partition coefficient (Wildman–Crippen LogP) is 2.85. The second kappa shape index (κ2) is 7.33. The van der Waals surface area contributed by atoms with E-state index in [1.165, 1.54) is 7.11 Å². The average molecular weight is 364 g/mol. The van der Waals surface area contributed by atoms with E-state index in [9.17, 15) is 4.79 Å². The Bertz CT molecular complexity index is 1050. The third kappa shape index (κ3) is 3.52. The molecule has 0 bridgehead atoms. The van der Waals surface area contributed by atoms with Gasteiger partial charge in [0, 0.05) is 17.7 Å². The van der Waals surface area contributed by atoms with E-state index in [0.717, 1.165) is 11.1 Å². The number of hydrogen-bond acceptors (Lipinski definition) is 5. The van der Waals surface area contributed by atoms with E-state index in [1.807, 2.05) is 31.2 Å². The number of rotatable bonds is 4. The number of ether oxygens (including phenoxy) is 2. The van der Waals surface area contributed by atoms with Crippen molar-refractivity contribution in [3.05, 3.63) is 53.6 Å². The number of amides is 1. The Hall–Kier alpha value is -3.61. The summed E-state index contributed by atoms with van der Waals surface area (Å²) in [7, 11) is 3.06. The van der Waals surface area contributed by atoms with Crippen molar-refractivity contribution in [1.29, 1.82) is 5.41 Å². The van der Waals surface area contributed by atoms with Crippen molar-refractivity contribution in [3.63, 3.8) is 0 Å². The number of nitrogens with one attached hydrogen (secondary N) is 2. The molecule has 0 atom stereocenters. The van der Waals surface area contributed by atoms with Crippen LogP contribution in [0.1, 0.15) is 15.9 Å². The maximum Gasteiger partial charge on any atom is 0.258 e. The van der Waals surface area contributed by atoms with Crippen molar-refractivity contribution in [2.24, 2.45) is 5.73 Å². The van der Waals surface area contributed by atoms with Crippen molar-refractivity contribution in [2.45, 2.75) is 6.92 Å². The van der Waals surface area contributed by atoms with Crippen LogP contribution >= 0.6 is 0 Å². The zero-order valence-corrected chi connectivity index (χ0v) is 15.3. The number of benzene rings is 2. The zero-order valence-electron chi connectivity index (χ0n) is 15.3. The molecule has 27 heavy (non-hydrogen) atoms. The minimum absolute atomic E-state index is 0.313. The fourth-order valence-corrected chi connectivity index (χ4v) is 2.95. The van der Waals surface area contributed by atoms with Crippen LogP contribution in [0, 0.1) is 12.3 Å². The minimum atomic E-state index is -0.506. The van der Waals surface area contributed by atoms with Gasteiger partial charge in [-0.15, -0.1) is 0 Å². The first-order valence-corrected chi connectivity index (χ1v) is 8.22. The first kappa shape index (κ1) is 18.2. The van der Waals surface area contributed by atoms with Crippen LogP contribution in [0.3, 0.4) is 0 Å². The minimum Gasteiger partial charge on any atom is -0.497 e. The van der Waals surface area contributed by atoms with E-state index in [0.29, 0.717) is 33.7 Å². The highest BCUT2D eigenvalue weighted by Crippen LogP contribution is 2.35. The van der Waals surface area contributed by atoms with E-state index < -0.39 is 11.9 Å². The summed E-state index contributed by atoms with van der Waals surface area (Å²) < 4.78 is 10.8. The number of aromatic nitrogens is 1. The van der Waals surface area contributed by atoms with Gasteiger partial charge in [-0.2, -0.15) is 0 Å². The smallest absolute Gasteiger partial charge is 0.258 e. The summed E-state index contributed by atoms with van der Waals surface area (Å²) >= 11 is 0. The maximum atomic E-state index is 12.7. The molecule has 2 aromatic carbocycles. The summed E-state index contributed by atoms with van der Waals surface area (Å²) in [6, 6.07) is 12.9. The van der Waals surface area contributed by atoms with E-state index >= 15 is 0 Å². The molecule has 0 spiro atoms. The summed E-state index contributed by atoms with van der Waals surface area (Å²) in [5, 5.41) is 10.2. The van der Waals surface area contributed by atoms with Gasteiger partial charge in [-0.1, -0.05) is 24.3 Å². The Morgan fingerprint density at radius 1 is 1.15 bits per heavy atom. The summed E-state index contributed by atoms with van der Waals surface area (Å²) in [5.41, 5.74) is 8.76. The monoisotopic (exact) mass is 364 g/mol. The third-order valence-corrected chi connectivity index (χ3v) is 4.22. The van der Waals surface area contributed by atoms with Gasteiger partial charge in [0.1, 0.15) is 11.5 Å². The molecule has 1 amide bonds. The standard InChI is InChI=1S/C20H20N4O3/c1-11-6-4-5-7-13(11)15-10-14(19(25)24-20(21)22)18-16(23-15)8-12(26-2)9-17(18)27-3/h4-10H,1-3H3,(H4,21,22,24,25). The number of carbonyl (C=O) groups is 1. The van der Waals surface area contributed by atoms with E-state index in [4.69, 9.17) is 25.6 Å². The molecule has 4 N–H and O–H groups in total. The molecule has 0 aliphatic heterocycles. The summed E-state index contributed by atoms with van der Waals surface area (Å²) in [4.78, 5) is 17.4. The van der Waals surface area contributed by atoms with Gasteiger partial charge < -0.3 is 15.2 Å². The molecule has 0 saturated heterocycles. The van der Waals surface area contributed by atoms with Crippen LogP contribution < -0.4 is 20.5 Å². The number of methoxy groups -OCH3 is 2. The Balaban J connectivity index is 2.36. The van der Waals surface area contributed by atoms with Gasteiger partial charge in [-0.05, 0) is 18.6 Å². The van der Waals surface area contributed by atoms with Crippen molar-refractivity contribution >= 4 is 22.8 Å². The number of nitrogens with two attached hydrogens (primary N) is 1. The second-order valence-electron chi connectivity index (χ2n) is 5.96. The van der Waals surface area contributed by atoms with Crippen LogP contribution in [0.2, 0.25) is 0 Å². The maximum absolute atomic E-state index is 12.7. The third-order valence-electron chi connectivity index (χ3n) is 4.22. The van der Waals surface area contributed by atoms with Gasteiger partial charge in [-0.3, -0.25) is 15.5 Å². The number of nitrogens with zero attached hydrogens (tertiary/aromatic N) is 1. The molecule has 0 radical (unpaired) electrons. The van der Waals surface area contributed by atoms with E-state index in [1.54, 1.807) is 25.3 Å². The van der Waals surface area contributed by atoms with Gasteiger partial charge in [0.15, 0.2) is 5.96 Å². The van der Waals surface area contributed by atoms with Crippen LogP contribution in [0.4, 0.5) is 0 Å². The lowest BCUT2D eigenvalue weighted by atomic mass is 10.00. The topological polar surface area (TPSA) is 110 Å². The lowest BCUT2D eigenvalue weighted by Crippen LogP contribution is -2.35. The van der Waals surface area contributed by atoms with Crippen LogP contribution in [-0.4, -0.2) is 31.1 Å². The first-order chi connectivity index (χ1) is 12.9. The number of pyridine rings is 1. The quantitative estimate of drug-likeness (QED) is 0.487. The molecule has 138 valence electrons. The summed E-state index contributed by atoms with van der Waals surface area (Å²) in [6.45, 7) is 1.97. The molecule has 3 rings (SSSR count). The molecule has 0 aliphatic carbocycles. The number of aryl methyl sites for hydroxylation is 1. The molecule has 7 nitrogen and oxygen atoms in total. The summed E-state index contributed by atoms with van der Waals surface area (Å²) in [5.74, 6) is 0.0664. The van der Waals surface area contributed by atoms with Gasteiger partial charge >= 0.3 is 0 Å². The Morgan fingerprint density at radius 2 is 1.89 bits per heavy atom. The Labute approximate surface area is 156 Å². The average Bonchev–Trinajstić information content (AvgIpc) is 2.65. The molecular weight excluding hydrogens is 344 g/mol.